The first-order chi connectivity index (χ1) is 16.2. The molecular formula is C28H28N4O. The quantitative estimate of drug-likeness (QED) is 0.484. The number of nitrogens with zero attached hydrogens (tertiary/aromatic N) is 3. The van der Waals surface area contributed by atoms with Crippen molar-refractivity contribution in [3.8, 4) is 11.1 Å². The van der Waals surface area contributed by atoms with Gasteiger partial charge in [0.25, 0.3) is 0 Å². The minimum Gasteiger partial charge on any atom is -0.359 e. The number of carbonyl (C=O) groups is 1. The summed E-state index contributed by atoms with van der Waals surface area (Å²) in [6.45, 7) is 2.43. The lowest BCUT2D eigenvalue weighted by Gasteiger charge is -2.29. The SMILES string of the molecule is CNC(=O)[C@]1(Cc2ccccc2-c2ccncc2)CCN(Cc2cccc3ncccc23)C1. The number of rotatable bonds is 6. The summed E-state index contributed by atoms with van der Waals surface area (Å²) >= 11 is 0. The predicted octanol–water partition coefficient (Wildman–Crippen LogP) is 4.48. The summed E-state index contributed by atoms with van der Waals surface area (Å²) in [5.41, 5.74) is 5.31. The molecule has 1 aliphatic heterocycles. The molecule has 1 N–H and O–H groups in total. The van der Waals surface area contributed by atoms with Crippen LogP contribution >= 0.6 is 0 Å². The van der Waals surface area contributed by atoms with Crippen LogP contribution in [-0.2, 0) is 17.8 Å². The Bertz CT molecular complexity index is 1270. The number of fused-ring (bicyclic) bond motifs is 1. The maximum Gasteiger partial charge on any atom is 0.227 e. The first-order valence-electron chi connectivity index (χ1n) is 11.4. The molecule has 166 valence electrons. The van der Waals surface area contributed by atoms with E-state index in [1.165, 1.54) is 22.1 Å². The number of hydrogen-bond acceptors (Lipinski definition) is 4. The molecule has 1 aliphatic rings. The lowest BCUT2D eigenvalue weighted by Crippen LogP contribution is -2.43. The number of nitrogens with one attached hydrogen (secondary N) is 1. The molecule has 1 saturated heterocycles. The molecule has 0 spiro atoms. The molecule has 5 heteroatoms. The highest BCUT2D eigenvalue weighted by molar-refractivity contribution is 5.84. The van der Waals surface area contributed by atoms with Gasteiger partial charge >= 0.3 is 0 Å². The average Bonchev–Trinajstić information content (AvgIpc) is 3.28. The van der Waals surface area contributed by atoms with E-state index in [2.05, 4.69) is 62.6 Å². The van der Waals surface area contributed by atoms with Gasteiger partial charge in [0.1, 0.15) is 0 Å². The van der Waals surface area contributed by atoms with Crippen molar-refractivity contribution < 1.29 is 4.79 Å². The second-order valence-electron chi connectivity index (χ2n) is 8.88. The third-order valence-electron chi connectivity index (χ3n) is 6.81. The lowest BCUT2D eigenvalue weighted by molar-refractivity contribution is -0.130. The summed E-state index contributed by atoms with van der Waals surface area (Å²) < 4.78 is 0. The van der Waals surface area contributed by atoms with Crippen LogP contribution in [0.5, 0.6) is 0 Å². The Labute approximate surface area is 194 Å². The van der Waals surface area contributed by atoms with Gasteiger partial charge in [0.15, 0.2) is 0 Å². The van der Waals surface area contributed by atoms with Crippen LogP contribution in [0.4, 0.5) is 0 Å². The van der Waals surface area contributed by atoms with Gasteiger partial charge in [-0.2, -0.15) is 0 Å². The number of aromatic nitrogens is 2. The van der Waals surface area contributed by atoms with E-state index in [4.69, 9.17) is 0 Å². The summed E-state index contributed by atoms with van der Waals surface area (Å²) in [5, 5.41) is 4.14. The standard InChI is InChI=1S/C28H28N4O/c1-29-27(33)28(18-22-6-2-3-8-24(22)21-11-15-30-16-12-21)13-17-32(20-28)19-23-7-4-10-26-25(23)9-5-14-31-26/h2-12,14-16H,13,17-20H2,1H3,(H,29,33)/t28-/m0/s1. The fraction of sp³-hybridized carbons (Fsp3) is 0.250. The van der Waals surface area contributed by atoms with Crippen molar-refractivity contribution in [1.29, 1.82) is 0 Å². The molecule has 0 saturated carbocycles. The first-order valence-corrected chi connectivity index (χ1v) is 11.4. The van der Waals surface area contributed by atoms with Crippen LogP contribution < -0.4 is 5.32 Å². The van der Waals surface area contributed by atoms with Crippen molar-refractivity contribution in [3.05, 3.63) is 96.4 Å². The summed E-state index contributed by atoms with van der Waals surface area (Å²) in [7, 11) is 1.75. The normalized spacial score (nSPS) is 18.5. The Morgan fingerprint density at radius 1 is 0.970 bits per heavy atom. The average molecular weight is 437 g/mol. The summed E-state index contributed by atoms with van der Waals surface area (Å²) in [4.78, 5) is 24.3. The summed E-state index contributed by atoms with van der Waals surface area (Å²) in [5.74, 6) is 0.120. The fourth-order valence-electron chi connectivity index (χ4n) is 5.17. The second-order valence-corrected chi connectivity index (χ2v) is 8.88. The highest BCUT2D eigenvalue weighted by atomic mass is 16.2. The summed E-state index contributed by atoms with van der Waals surface area (Å²) in [6.07, 6.45) is 7.01. The smallest absolute Gasteiger partial charge is 0.227 e. The lowest BCUT2D eigenvalue weighted by atomic mass is 9.78. The van der Waals surface area contributed by atoms with Gasteiger partial charge in [0.2, 0.25) is 5.91 Å². The van der Waals surface area contributed by atoms with Crippen molar-refractivity contribution in [3.63, 3.8) is 0 Å². The third-order valence-corrected chi connectivity index (χ3v) is 6.81. The molecule has 2 aromatic carbocycles. The first kappa shape index (κ1) is 21.3. The van der Waals surface area contributed by atoms with Crippen LogP contribution in [-0.4, -0.2) is 40.9 Å². The van der Waals surface area contributed by atoms with E-state index in [1.807, 2.05) is 42.9 Å². The Morgan fingerprint density at radius 2 is 1.79 bits per heavy atom. The molecule has 0 aliphatic carbocycles. The predicted molar refractivity (Wildman–Crippen MR) is 132 cm³/mol. The van der Waals surface area contributed by atoms with Crippen LogP contribution in [0.15, 0.2) is 85.3 Å². The molecule has 3 heterocycles. The second kappa shape index (κ2) is 9.12. The van der Waals surface area contributed by atoms with Gasteiger partial charge in [-0.05, 0) is 65.9 Å². The largest absolute Gasteiger partial charge is 0.359 e. The highest BCUT2D eigenvalue weighted by Gasteiger charge is 2.44. The van der Waals surface area contributed by atoms with Crippen molar-refractivity contribution in [2.75, 3.05) is 20.1 Å². The van der Waals surface area contributed by atoms with Crippen LogP contribution in [0, 0.1) is 5.41 Å². The molecule has 2 aromatic heterocycles. The molecule has 5 rings (SSSR count). The van der Waals surface area contributed by atoms with E-state index >= 15 is 0 Å². The molecule has 33 heavy (non-hydrogen) atoms. The fourth-order valence-corrected chi connectivity index (χ4v) is 5.17. The van der Waals surface area contributed by atoms with Crippen molar-refractivity contribution in [1.82, 2.24) is 20.2 Å². The monoisotopic (exact) mass is 436 g/mol. The van der Waals surface area contributed by atoms with Gasteiger partial charge in [-0.1, -0.05) is 42.5 Å². The van der Waals surface area contributed by atoms with Crippen LogP contribution in [0.25, 0.3) is 22.0 Å². The van der Waals surface area contributed by atoms with Crippen LogP contribution in [0.2, 0.25) is 0 Å². The van der Waals surface area contributed by atoms with Crippen molar-refractivity contribution >= 4 is 16.8 Å². The molecule has 0 bridgehead atoms. The Balaban J connectivity index is 1.43. The molecule has 1 fully saturated rings. The minimum atomic E-state index is -0.458. The maximum absolute atomic E-state index is 13.2. The van der Waals surface area contributed by atoms with Gasteiger partial charge in [-0.3, -0.25) is 19.7 Å². The number of carbonyl (C=O) groups excluding carboxylic acids is 1. The molecule has 0 radical (unpaired) electrons. The van der Waals surface area contributed by atoms with E-state index in [0.29, 0.717) is 6.42 Å². The van der Waals surface area contributed by atoms with Gasteiger partial charge in [-0.15, -0.1) is 0 Å². The number of benzene rings is 2. The van der Waals surface area contributed by atoms with E-state index in [1.54, 1.807) is 7.05 Å². The number of likely N-dealkylation sites (tertiary alicyclic amines) is 1. The Hall–Kier alpha value is -3.57. The summed E-state index contributed by atoms with van der Waals surface area (Å²) in [6, 6.07) is 22.9. The zero-order chi connectivity index (χ0) is 22.7. The molecule has 5 nitrogen and oxygen atoms in total. The Morgan fingerprint density at radius 3 is 2.64 bits per heavy atom. The zero-order valence-electron chi connectivity index (χ0n) is 18.9. The van der Waals surface area contributed by atoms with Crippen LogP contribution in [0.3, 0.4) is 0 Å². The highest BCUT2D eigenvalue weighted by Crippen LogP contribution is 2.38. The zero-order valence-corrected chi connectivity index (χ0v) is 18.9. The van der Waals surface area contributed by atoms with Crippen molar-refractivity contribution in [2.24, 2.45) is 5.41 Å². The van der Waals surface area contributed by atoms with Crippen molar-refractivity contribution in [2.45, 2.75) is 19.4 Å². The number of pyridine rings is 2. The minimum absolute atomic E-state index is 0.120. The van der Waals surface area contributed by atoms with E-state index in [0.717, 1.165) is 37.1 Å². The molecule has 4 aromatic rings. The number of amides is 1. The van der Waals surface area contributed by atoms with Gasteiger partial charge in [0, 0.05) is 44.1 Å². The molecule has 0 unspecified atom stereocenters. The van der Waals surface area contributed by atoms with Gasteiger partial charge in [0.05, 0.1) is 10.9 Å². The molecule has 1 atom stereocenters. The third kappa shape index (κ3) is 4.24. The Kier molecular flexibility index (Phi) is 5.88. The topological polar surface area (TPSA) is 58.1 Å². The van der Waals surface area contributed by atoms with E-state index < -0.39 is 5.41 Å². The van der Waals surface area contributed by atoms with Crippen LogP contribution in [0.1, 0.15) is 17.5 Å². The molecule has 1 amide bonds. The van der Waals surface area contributed by atoms with E-state index in [9.17, 15) is 4.79 Å². The maximum atomic E-state index is 13.2. The number of hydrogen-bond donors (Lipinski definition) is 1. The van der Waals surface area contributed by atoms with Gasteiger partial charge in [-0.25, -0.2) is 0 Å². The van der Waals surface area contributed by atoms with Gasteiger partial charge < -0.3 is 5.32 Å². The van der Waals surface area contributed by atoms with E-state index in [-0.39, 0.29) is 5.91 Å². The molecular weight excluding hydrogens is 408 g/mol.